The van der Waals surface area contributed by atoms with Crippen LogP contribution in [0, 0.1) is 22.7 Å². The molecule has 0 radical (unpaired) electrons. The standard InChI is InChI=1S/C32H20N2/c33-21-29-19-31(27-15-11-25(12-16-27)23-7-3-1-4-8-23)32(20-30(29)22-34)28-17-13-26(14-18-28)24-9-5-2-6-10-24/h1-20H. The van der Waals surface area contributed by atoms with Crippen LogP contribution >= 0.6 is 0 Å². The molecule has 0 fully saturated rings. The van der Waals surface area contributed by atoms with Crippen LogP contribution in [0.15, 0.2) is 121 Å². The van der Waals surface area contributed by atoms with Crippen molar-refractivity contribution in [2.24, 2.45) is 0 Å². The molecule has 0 bridgehead atoms. The number of rotatable bonds is 4. The third kappa shape index (κ3) is 4.09. The van der Waals surface area contributed by atoms with Gasteiger partial charge in [-0.25, -0.2) is 0 Å². The molecule has 158 valence electrons. The molecular formula is C32H20N2. The highest BCUT2D eigenvalue weighted by atomic mass is 14.3. The van der Waals surface area contributed by atoms with Crippen molar-refractivity contribution in [3.8, 4) is 56.6 Å². The van der Waals surface area contributed by atoms with Crippen LogP contribution in [0.4, 0.5) is 0 Å². The molecule has 0 aliphatic rings. The highest BCUT2D eigenvalue weighted by Crippen LogP contribution is 2.36. The normalized spacial score (nSPS) is 10.3. The molecule has 34 heavy (non-hydrogen) atoms. The predicted octanol–water partition coefficient (Wildman–Crippen LogP) is 8.10. The van der Waals surface area contributed by atoms with Gasteiger partial charge in [0.15, 0.2) is 0 Å². The van der Waals surface area contributed by atoms with E-state index < -0.39 is 0 Å². The van der Waals surface area contributed by atoms with E-state index in [1.165, 1.54) is 0 Å². The van der Waals surface area contributed by atoms with Gasteiger partial charge < -0.3 is 0 Å². The van der Waals surface area contributed by atoms with Crippen LogP contribution in [0.5, 0.6) is 0 Å². The Labute approximate surface area is 199 Å². The Hall–Kier alpha value is -4.92. The van der Waals surface area contributed by atoms with Gasteiger partial charge in [0.05, 0.1) is 11.1 Å². The van der Waals surface area contributed by atoms with Gasteiger partial charge in [0, 0.05) is 0 Å². The first-order chi connectivity index (χ1) is 16.8. The summed E-state index contributed by atoms with van der Waals surface area (Å²) < 4.78 is 0. The van der Waals surface area contributed by atoms with Crippen LogP contribution in [-0.2, 0) is 0 Å². The molecule has 0 saturated carbocycles. The van der Waals surface area contributed by atoms with Gasteiger partial charge in [-0.3, -0.25) is 0 Å². The Balaban J connectivity index is 1.60. The molecule has 5 aromatic carbocycles. The van der Waals surface area contributed by atoms with Crippen LogP contribution in [0.3, 0.4) is 0 Å². The summed E-state index contributed by atoms with van der Waals surface area (Å²) in [5.41, 5.74) is 9.21. The van der Waals surface area contributed by atoms with Gasteiger partial charge in [0.1, 0.15) is 12.1 Å². The molecule has 5 rings (SSSR count). The van der Waals surface area contributed by atoms with Crippen molar-refractivity contribution in [1.82, 2.24) is 0 Å². The van der Waals surface area contributed by atoms with E-state index in [0.717, 1.165) is 44.5 Å². The summed E-state index contributed by atoms with van der Waals surface area (Å²) in [5.74, 6) is 0. The van der Waals surface area contributed by atoms with Gasteiger partial charge in [-0.1, -0.05) is 109 Å². The molecule has 0 aromatic heterocycles. The topological polar surface area (TPSA) is 47.6 Å². The Morgan fingerprint density at radius 1 is 0.353 bits per heavy atom. The Morgan fingerprint density at radius 3 is 0.971 bits per heavy atom. The predicted molar refractivity (Wildman–Crippen MR) is 138 cm³/mol. The van der Waals surface area contributed by atoms with E-state index in [1.54, 1.807) is 0 Å². The lowest BCUT2D eigenvalue weighted by Crippen LogP contribution is -1.92. The van der Waals surface area contributed by atoms with Crippen molar-refractivity contribution in [1.29, 1.82) is 10.5 Å². The van der Waals surface area contributed by atoms with Gasteiger partial charge in [0.2, 0.25) is 0 Å². The minimum absolute atomic E-state index is 0.384. The van der Waals surface area contributed by atoms with E-state index in [9.17, 15) is 10.5 Å². The fourth-order valence-electron chi connectivity index (χ4n) is 4.21. The van der Waals surface area contributed by atoms with Crippen LogP contribution in [0.1, 0.15) is 11.1 Å². The maximum absolute atomic E-state index is 9.64. The zero-order chi connectivity index (χ0) is 23.3. The van der Waals surface area contributed by atoms with Crippen molar-refractivity contribution in [2.75, 3.05) is 0 Å². The minimum Gasteiger partial charge on any atom is -0.192 e. The number of benzene rings is 5. The third-order valence-electron chi connectivity index (χ3n) is 6.00. The fraction of sp³-hybridized carbons (Fsp3) is 0. The number of nitrogens with zero attached hydrogens (tertiary/aromatic N) is 2. The SMILES string of the molecule is N#Cc1cc(-c2ccc(-c3ccccc3)cc2)c(-c2ccc(-c3ccccc3)cc2)cc1C#N. The summed E-state index contributed by atoms with van der Waals surface area (Å²) in [6.07, 6.45) is 0. The molecule has 0 saturated heterocycles. The van der Waals surface area contributed by atoms with Crippen LogP contribution in [0.25, 0.3) is 44.5 Å². The summed E-state index contributed by atoms with van der Waals surface area (Å²) in [6, 6.07) is 45.2. The first-order valence-electron chi connectivity index (χ1n) is 11.1. The summed E-state index contributed by atoms with van der Waals surface area (Å²) in [5, 5.41) is 19.3. The average Bonchev–Trinajstić information content (AvgIpc) is 2.93. The van der Waals surface area contributed by atoms with E-state index in [0.29, 0.717) is 11.1 Å². The quantitative estimate of drug-likeness (QED) is 0.288. The zero-order valence-corrected chi connectivity index (χ0v) is 18.4. The first kappa shape index (κ1) is 21.0. The minimum atomic E-state index is 0.384. The second kappa shape index (κ2) is 9.29. The highest BCUT2D eigenvalue weighted by molar-refractivity contribution is 5.87. The van der Waals surface area contributed by atoms with E-state index >= 15 is 0 Å². The Kier molecular flexibility index (Phi) is 5.73. The molecule has 0 N–H and O–H groups in total. The summed E-state index contributed by atoms with van der Waals surface area (Å²) >= 11 is 0. The number of hydrogen-bond acceptors (Lipinski definition) is 2. The third-order valence-corrected chi connectivity index (χ3v) is 6.00. The molecular weight excluding hydrogens is 412 g/mol. The Bertz CT molecular complexity index is 1400. The Morgan fingerprint density at radius 2 is 0.647 bits per heavy atom. The van der Waals surface area contributed by atoms with Gasteiger partial charge in [-0.05, 0) is 56.6 Å². The lowest BCUT2D eigenvalue weighted by molar-refractivity contribution is 1.43. The molecule has 2 nitrogen and oxygen atoms in total. The fourth-order valence-corrected chi connectivity index (χ4v) is 4.21. The molecule has 0 spiro atoms. The summed E-state index contributed by atoms with van der Waals surface area (Å²) in [6.45, 7) is 0. The molecule has 0 aliphatic heterocycles. The van der Waals surface area contributed by atoms with Crippen molar-refractivity contribution in [3.05, 3.63) is 132 Å². The van der Waals surface area contributed by atoms with E-state index in [4.69, 9.17) is 0 Å². The van der Waals surface area contributed by atoms with Crippen LogP contribution in [0.2, 0.25) is 0 Å². The van der Waals surface area contributed by atoms with E-state index in [1.807, 2.05) is 48.5 Å². The smallest absolute Gasteiger partial charge is 0.101 e. The van der Waals surface area contributed by atoms with Crippen molar-refractivity contribution in [2.45, 2.75) is 0 Å². The molecule has 2 heteroatoms. The highest BCUT2D eigenvalue weighted by Gasteiger charge is 2.14. The van der Waals surface area contributed by atoms with Crippen molar-refractivity contribution >= 4 is 0 Å². The maximum Gasteiger partial charge on any atom is 0.101 e. The van der Waals surface area contributed by atoms with Crippen LogP contribution in [-0.4, -0.2) is 0 Å². The molecule has 0 unspecified atom stereocenters. The van der Waals surface area contributed by atoms with Crippen LogP contribution < -0.4 is 0 Å². The first-order valence-corrected chi connectivity index (χ1v) is 11.1. The van der Waals surface area contributed by atoms with Crippen molar-refractivity contribution < 1.29 is 0 Å². The van der Waals surface area contributed by atoms with E-state index in [2.05, 4.69) is 84.9 Å². The number of nitriles is 2. The van der Waals surface area contributed by atoms with Gasteiger partial charge in [-0.2, -0.15) is 10.5 Å². The maximum atomic E-state index is 9.64. The lowest BCUT2D eigenvalue weighted by atomic mass is 9.89. The molecule has 0 aliphatic carbocycles. The monoisotopic (exact) mass is 432 g/mol. The van der Waals surface area contributed by atoms with Crippen molar-refractivity contribution in [3.63, 3.8) is 0 Å². The molecule has 0 amide bonds. The summed E-state index contributed by atoms with van der Waals surface area (Å²) in [4.78, 5) is 0. The largest absolute Gasteiger partial charge is 0.192 e. The second-order valence-electron chi connectivity index (χ2n) is 8.05. The molecule has 5 aromatic rings. The lowest BCUT2D eigenvalue weighted by Gasteiger charge is -2.14. The van der Waals surface area contributed by atoms with Gasteiger partial charge in [0.25, 0.3) is 0 Å². The zero-order valence-electron chi connectivity index (χ0n) is 18.4. The van der Waals surface area contributed by atoms with Gasteiger partial charge in [-0.15, -0.1) is 0 Å². The molecule has 0 heterocycles. The van der Waals surface area contributed by atoms with Gasteiger partial charge >= 0.3 is 0 Å². The molecule has 0 atom stereocenters. The summed E-state index contributed by atoms with van der Waals surface area (Å²) in [7, 11) is 0. The number of hydrogen-bond donors (Lipinski definition) is 0. The van der Waals surface area contributed by atoms with E-state index in [-0.39, 0.29) is 0 Å². The average molecular weight is 433 g/mol. The second-order valence-corrected chi connectivity index (χ2v) is 8.05.